The number of halogens is 2. The normalized spacial score (nSPS) is 17.6. The van der Waals surface area contributed by atoms with Crippen LogP contribution in [0.5, 0.6) is 0 Å². The zero-order chi connectivity index (χ0) is 16.6. The lowest BCUT2D eigenvalue weighted by molar-refractivity contribution is 0.0910. The Morgan fingerprint density at radius 1 is 1.48 bits per heavy atom. The van der Waals surface area contributed by atoms with Crippen LogP contribution in [0, 0.1) is 19.7 Å². The van der Waals surface area contributed by atoms with Gasteiger partial charge in [-0.15, -0.1) is 0 Å². The van der Waals surface area contributed by atoms with Gasteiger partial charge < -0.3 is 14.6 Å². The van der Waals surface area contributed by atoms with Gasteiger partial charge in [-0.1, -0.05) is 11.6 Å². The predicted octanol–water partition coefficient (Wildman–Crippen LogP) is 3.09. The summed E-state index contributed by atoms with van der Waals surface area (Å²) >= 11 is 5.70. The molecule has 7 heteroatoms. The highest BCUT2D eigenvalue weighted by Gasteiger charge is 2.26. The van der Waals surface area contributed by atoms with Gasteiger partial charge in [0.2, 0.25) is 5.76 Å². The SMILES string of the molecule is Cc1nc(C)c(C(=O)N[C@@H]2CCN(c3ccc(Cl)c(F)c3)C2)o1. The van der Waals surface area contributed by atoms with Crippen molar-refractivity contribution in [2.75, 3.05) is 18.0 Å². The van der Waals surface area contributed by atoms with Crippen LogP contribution in [-0.2, 0) is 0 Å². The molecular weight excluding hydrogens is 321 g/mol. The first-order valence-corrected chi connectivity index (χ1v) is 7.76. The van der Waals surface area contributed by atoms with E-state index in [1.54, 1.807) is 26.0 Å². The molecule has 1 aliphatic rings. The fraction of sp³-hybridized carbons (Fsp3) is 0.375. The molecule has 0 spiro atoms. The van der Waals surface area contributed by atoms with Crippen LogP contribution in [-0.4, -0.2) is 30.0 Å². The molecule has 1 atom stereocenters. The summed E-state index contributed by atoms with van der Waals surface area (Å²) in [5.41, 5.74) is 1.34. The van der Waals surface area contributed by atoms with Gasteiger partial charge in [0, 0.05) is 31.7 Å². The molecule has 0 bridgehead atoms. The lowest BCUT2D eigenvalue weighted by Gasteiger charge is -2.19. The van der Waals surface area contributed by atoms with E-state index in [0.29, 0.717) is 18.1 Å². The maximum Gasteiger partial charge on any atom is 0.289 e. The van der Waals surface area contributed by atoms with Gasteiger partial charge in [0.25, 0.3) is 5.91 Å². The number of carbonyl (C=O) groups is 1. The summed E-state index contributed by atoms with van der Waals surface area (Å²) in [7, 11) is 0. The molecule has 1 fully saturated rings. The fourth-order valence-electron chi connectivity index (χ4n) is 2.79. The molecule has 2 aromatic rings. The van der Waals surface area contributed by atoms with Crippen molar-refractivity contribution in [3.63, 3.8) is 0 Å². The van der Waals surface area contributed by atoms with Crippen molar-refractivity contribution in [2.24, 2.45) is 0 Å². The average Bonchev–Trinajstić information content (AvgIpc) is 3.08. The van der Waals surface area contributed by atoms with Gasteiger partial charge in [0.1, 0.15) is 5.82 Å². The third kappa shape index (κ3) is 3.32. The first kappa shape index (κ1) is 15.8. The molecule has 2 heterocycles. The molecule has 23 heavy (non-hydrogen) atoms. The summed E-state index contributed by atoms with van der Waals surface area (Å²) in [6.07, 6.45) is 0.780. The zero-order valence-corrected chi connectivity index (χ0v) is 13.7. The Kier molecular flexibility index (Phi) is 4.26. The van der Waals surface area contributed by atoms with E-state index in [2.05, 4.69) is 10.3 Å². The quantitative estimate of drug-likeness (QED) is 0.935. The number of nitrogens with one attached hydrogen (secondary N) is 1. The van der Waals surface area contributed by atoms with Crippen molar-refractivity contribution in [1.82, 2.24) is 10.3 Å². The number of nitrogens with zero attached hydrogens (tertiary/aromatic N) is 2. The molecule has 1 N–H and O–H groups in total. The number of benzene rings is 1. The summed E-state index contributed by atoms with van der Waals surface area (Å²) < 4.78 is 18.9. The Morgan fingerprint density at radius 3 is 2.91 bits per heavy atom. The van der Waals surface area contributed by atoms with Crippen LogP contribution in [0.4, 0.5) is 10.1 Å². The standard InChI is InChI=1S/C16H17ClFN3O2/c1-9-15(23-10(2)19-9)16(22)20-11-5-6-21(8-11)12-3-4-13(17)14(18)7-12/h3-4,7,11H,5-6,8H2,1-2H3,(H,20,22)/t11-/m1/s1. The van der Waals surface area contributed by atoms with Gasteiger partial charge in [-0.3, -0.25) is 4.79 Å². The van der Waals surface area contributed by atoms with Crippen molar-refractivity contribution in [1.29, 1.82) is 0 Å². The maximum atomic E-state index is 13.6. The molecule has 1 aromatic carbocycles. The second-order valence-electron chi connectivity index (χ2n) is 5.65. The van der Waals surface area contributed by atoms with E-state index in [4.69, 9.17) is 16.0 Å². The highest BCUT2D eigenvalue weighted by atomic mass is 35.5. The Bertz CT molecular complexity index is 747. The maximum absolute atomic E-state index is 13.6. The van der Waals surface area contributed by atoms with Gasteiger partial charge in [0.05, 0.1) is 10.7 Å². The smallest absolute Gasteiger partial charge is 0.289 e. The van der Waals surface area contributed by atoms with E-state index in [0.717, 1.165) is 18.7 Å². The third-order valence-electron chi connectivity index (χ3n) is 3.90. The molecule has 1 saturated heterocycles. The van der Waals surface area contributed by atoms with Crippen LogP contribution >= 0.6 is 11.6 Å². The topological polar surface area (TPSA) is 58.4 Å². The van der Waals surface area contributed by atoms with Crippen LogP contribution in [0.1, 0.15) is 28.6 Å². The Morgan fingerprint density at radius 2 is 2.26 bits per heavy atom. The average molecular weight is 338 g/mol. The van der Waals surface area contributed by atoms with E-state index in [1.807, 2.05) is 4.90 Å². The van der Waals surface area contributed by atoms with Crippen LogP contribution in [0.2, 0.25) is 5.02 Å². The van der Waals surface area contributed by atoms with Crippen molar-refractivity contribution < 1.29 is 13.6 Å². The van der Waals surface area contributed by atoms with Crippen molar-refractivity contribution in [3.05, 3.63) is 46.4 Å². The third-order valence-corrected chi connectivity index (χ3v) is 4.21. The number of hydrogen-bond acceptors (Lipinski definition) is 4. The molecule has 0 aliphatic carbocycles. The Balaban J connectivity index is 1.64. The van der Waals surface area contributed by atoms with Crippen molar-refractivity contribution >= 4 is 23.2 Å². The first-order chi connectivity index (χ1) is 10.9. The van der Waals surface area contributed by atoms with E-state index >= 15 is 0 Å². The van der Waals surface area contributed by atoms with Gasteiger partial charge in [-0.05, 0) is 31.5 Å². The fourth-order valence-corrected chi connectivity index (χ4v) is 2.90. The van der Waals surface area contributed by atoms with Crippen molar-refractivity contribution in [2.45, 2.75) is 26.3 Å². The molecule has 0 unspecified atom stereocenters. The number of rotatable bonds is 3. The number of carbonyl (C=O) groups excluding carboxylic acids is 1. The lowest BCUT2D eigenvalue weighted by atomic mass is 10.2. The Labute approximate surface area is 138 Å². The van der Waals surface area contributed by atoms with Crippen LogP contribution < -0.4 is 10.2 Å². The van der Waals surface area contributed by atoms with Crippen LogP contribution in [0.15, 0.2) is 22.6 Å². The summed E-state index contributed by atoms with van der Waals surface area (Å²) in [4.78, 5) is 18.3. The summed E-state index contributed by atoms with van der Waals surface area (Å²) in [5.74, 6) is 0.0116. The molecule has 122 valence electrons. The van der Waals surface area contributed by atoms with Crippen LogP contribution in [0.25, 0.3) is 0 Å². The summed E-state index contributed by atoms with van der Waals surface area (Å²) in [6, 6.07) is 4.71. The number of aryl methyl sites for hydroxylation is 2. The minimum Gasteiger partial charge on any atom is -0.436 e. The monoisotopic (exact) mass is 337 g/mol. The molecule has 1 aliphatic heterocycles. The van der Waals surface area contributed by atoms with Gasteiger partial charge >= 0.3 is 0 Å². The van der Waals surface area contributed by atoms with E-state index in [9.17, 15) is 9.18 Å². The number of aromatic nitrogens is 1. The van der Waals surface area contributed by atoms with Crippen LogP contribution in [0.3, 0.4) is 0 Å². The second kappa shape index (κ2) is 6.20. The first-order valence-electron chi connectivity index (χ1n) is 7.39. The largest absolute Gasteiger partial charge is 0.436 e. The number of oxazole rings is 1. The minimum absolute atomic E-state index is 0.0222. The number of amides is 1. The molecule has 5 nitrogen and oxygen atoms in total. The predicted molar refractivity (Wildman–Crippen MR) is 85.5 cm³/mol. The molecule has 1 amide bonds. The van der Waals surface area contributed by atoms with Gasteiger partial charge in [0.15, 0.2) is 5.89 Å². The molecule has 0 radical (unpaired) electrons. The summed E-state index contributed by atoms with van der Waals surface area (Å²) in [5, 5.41) is 3.05. The molecule has 0 saturated carbocycles. The van der Waals surface area contributed by atoms with E-state index in [-0.39, 0.29) is 22.7 Å². The number of hydrogen-bond donors (Lipinski definition) is 1. The van der Waals surface area contributed by atoms with Gasteiger partial charge in [-0.25, -0.2) is 9.37 Å². The van der Waals surface area contributed by atoms with E-state index in [1.165, 1.54) is 6.07 Å². The van der Waals surface area contributed by atoms with Gasteiger partial charge in [-0.2, -0.15) is 0 Å². The summed E-state index contributed by atoms with van der Waals surface area (Å²) in [6.45, 7) is 4.79. The highest BCUT2D eigenvalue weighted by Crippen LogP contribution is 2.25. The molecular formula is C16H17ClFN3O2. The lowest BCUT2D eigenvalue weighted by Crippen LogP contribution is -2.37. The Hall–Kier alpha value is -2.08. The highest BCUT2D eigenvalue weighted by molar-refractivity contribution is 6.30. The zero-order valence-electron chi connectivity index (χ0n) is 12.9. The molecule has 1 aromatic heterocycles. The minimum atomic E-state index is -0.440. The van der Waals surface area contributed by atoms with Crippen molar-refractivity contribution in [3.8, 4) is 0 Å². The van der Waals surface area contributed by atoms with E-state index < -0.39 is 5.82 Å². The second-order valence-corrected chi connectivity index (χ2v) is 6.06. The molecule has 3 rings (SSSR count). The number of anilines is 1.